The highest BCUT2D eigenvalue weighted by Crippen LogP contribution is 2.18. The van der Waals surface area contributed by atoms with Crippen LogP contribution in [0.15, 0.2) is 41.4 Å². The van der Waals surface area contributed by atoms with Crippen LogP contribution in [0.1, 0.15) is 22.6 Å². The number of anilines is 1. The molecule has 4 aromatic rings. The summed E-state index contributed by atoms with van der Waals surface area (Å²) in [7, 11) is 0. The van der Waals surface area contributed by atoms with Gasteiger partial charge in [-0.25, -0.2) is 19.7 Å². The molecule has 28 heavy (non-hydrogen) atoms. The highest BCUT2D eigenvalue weighted by molar-refractivity contribution is 5.89. The molecule has 10 nitrogen and oxygen atoms in total. The summed E-state index contributed by atoms with van der Waals surface area (Å²) in [5.41, 5.74) is 8.19. The largest absolute Gasteiger partial charge is 0.462 e. The van der Waals surface area contributed by atoms with E-state index in [1.807, 2.05) is 4.57 Å². The molecule has 10 heteroatoms. The number of nitrogens with two attached hydrogens (primary N) is 1. The molecule has 0 unspecified atom stereocenters. The summed E-state index contributed by atoms with van der Waals surface area (Å²) in [4.78, 5) is 28.6. The lowest BCUT2D eigenvalue weighted by molar-refractivity contribution is 0.0496. The van der Waals surface area contributed by atoms with Crippen molar-refractivity contribution in [2.75, 3.05) is 12.3 Å². The van der Waals surface area contributed by atoms with Crippen molar-refractivity contribution in [2.45, 2.75) is 19.9 Å². The zero-order valence-corrected chi connectivity index (χ0v) is 15.1. The molecule has 0 aliphatic carbocycles. The first-order chi connectivity index (χ1) is 13.6. The van der Waals surface area contributed by atoms with E-state index in [2.05, 4.69) is 25.1 Å². The summed E-state index contributed by atoms with van der Waals surface area (Å²) in [6.45, 7) is 2.60. The first kappa shape index (κ1) is 17.6. The Labute approximate surface area is 159 Å². The maximum atomic E-state index is 12.2. The second kappa shape index (κ2) is 7.43. The summed E-state index contributed by atoms with van der Waals surface area (Å²) in [6.07, 6.45) is 3.66. The van der Waals surface area contributed by atoms with Crippen LogP contribution < -0.4 is 5.73 Å². The topological polar surface area (TPSA) is 135 Å². The van der Waals surface area contributed by atoms with Crippen LogP contribution in [0.3, 0.4) is 0 Å². The minimum absolute atomic E-state index is 0.268. The first-order valence-electron chi connectivity index (χ1n) is 8.61. The number of aryl methyl sites for hydroxylation is 2. The minimum atomic E-state index is -0.393. The first-order valence-corrected chi connectivity index (χ1v) is 8.61. The smallest absolute Gasteiger partial charge is 0.338 e. The third-order valence-electron chi connectivity index (χ3n) is 4.10. The predicted octanol–water partition coefficient (Wildman–Crippen LogP) is 2.01. The SMILES string of the molecule is Cc1noc(-c2ccc(C(=O)OCCCn3cnc4c(N)ncnc43)cc2)n1. The number of benzene rings is 1. The number of fused-ring (bicyclic) bond motifs is 1. The van der Waals surface area contributed by atoms with E-state index in [-0.39, 0.29) is 6.61 Å². The molecule has 1 aromatic carbocycles. The van der Waals surface area contributed by atoms with Crippen molar-refractivity contribution in [3.63, 3.8) is 0 Å². The fourth-order valence-electron chi connectivity index (χ4n) is 2.71. The van der Waals surface area contributed by atoms with Crippen LogP contribution in [0.25, 0.3) is 22.6 Å². The zero-order chi connectivity index (χ0) is 19.5. The zero-order valence-electron chi connectivity index (χ0n) is 15.1. The van der Waals surface area contributed by atoms with Crippen molar-refractivity contribution in [3.8, 4) is 11.5 Å². The summed E-state index contributed by atoms with van der Waals surface area (Å²) in [5, 5.41) is 3.75. The molecule has 3 aromatic heterocycles. The summed E-state index contributed by atoms with van der Waals surface area (Å²) in [5.74, 6) is 0.914. The highest BCUT2D eigenvalue weighted by atomic mass is 16.5. The summed E-state index contributed by atoms with van der Waals surface area (Å²) < 4.78 is 12.3. The fraction of sp³-hybridized carbons (Fsp3) is 0.222. The van der Waals surface area contributed by atoms with Crippen molar-refractivity contribution in [1.29, 1.82) is 0 Å². The molecule has 0 aliphatic rings. The van der Waals surface area contributed by atoms with Crippen LogP contribution in [-0.4, -0.2) is 42.2 Å². The third kappa shape index (κ3) is 3.52. The lowest BCUT2D eigenvalue weighted by Gasteiger charge is -2.06. The third-order valence-corrected chi connectivity index (χ3v) is 4.10. The molecule has 0 radical (unpaired) electrons. The van der Waals surface area contributed by atoms with Gasteiger partial charge in [0.15, 0.2) is 17.3 Å². The van der Waals surface area contributed by atoms with E-state index in [1.54, 1.807) is 37.5 Å². The number of ether oxygens (including phenoxy) is 1. The van der Waals surface area contributed by atoms with Gasteiger partial charge in [-0.1, -0.05) is 5.16 Å². The van der Waals surface area contributed by atoms with E-state index in [9.17, 15) is 4.79 Å². The van der Waals surface area contributed by atoms with Crippen LogP contribution in [0.2, 0.25) is 0 Å². The molecule has 4 rings (SSSR count). The van der Waals surface area contributed by atoms with Crippen molar-refractivity contribution in [3.05, 3.63) is 48.3 Å². The number of hydrogen-bond donors (Lipinski definition) is 1. The minimum Gasteiger partial charge on any atom is -0.462 e. The Bertz CT molecular complexity index is 1120. The average Bonchev–Trinajstić information content (AvgIpc) is 3.32. The highest BCUT2D eigenvalue weighted by Gasteiger charge is 2.11. The molecule has 3 heterocycles. The Morgan fingerprint density at radius 1 is 1.21 bits per heavy atom. The number of aromatic nitrogens is 6. The maximum Gasteiger partial charge on any atom is 0.338 e. The molecule has 0 spiro atoms. The Morgan fingerprint density at radius 2 is 2.04 bits per heavy atom. The normalized spacial score (nSPS) is 11.0. The lowest BCUT2D eigenvalue weighted by Crippen LogP contribution is -2.09. The molecular weight excluding hydrogens is 362 g/mol. The van der Waals surface area contributed by atoms with Gasteiger partial charge in [0, 0.05) is 12.1 Å². The van der Waals surface area contributed by atoms with E-state index >= 15 is 0 Å². The van der Waals surface area contributed by atoms with E-state index < -0.39 is 5.97 Å². The van der Waals surface area contributed by atoms with Gasteiger partial charge in [0.1, 0.15) is 11.8 Å². The second-order valence-corrected chi connectivity index (χ2v) is 6.08. The Balaban J connectivity index is 1.31. The predicted molar refractivity (Wildman–Crippen MR) is 99.1 cm³/mol. The van der Waals surface area contributed by atoms with E-state index in [0.717, 1.165) is 5.56 Å². The number of carbonyl (C=O) groups is 1. The van der Waals surface area contributed by atoms with Gasteiger partial charge in [0.25, 0.3) is 5.89 Å². The number of hydrogen-bond acceptors (Lipinski definition) is 9. The Kier molecular flexibility index (Phi) is 4.67. The molecule has 0 aliphatic heterocycles. The van der Waals surface area contributed by atoms with Gasteiger partial charge in [-0.2, -0.15) is 4.98 Å². The number of imidazole rings is 1. The Morgan fingerprint density at radius 3 is 2.79 bits per heavy atom. The van der Waals surface area contributed by atoms with E-state index in [0.29, 0.717) is 47.2 Å². The van der Waals surface area contributed by atoms with Gasteiger partial charge in [-0.3, -0.25) is 0 Å². The summed E-state index contributed by atoms with van der Waals surface area (Å²) in [6, 6.07) is 6.82. The molecule has 0 amide bonds. The number of esters is 1. The van der Waals surface area contributed by atoms with E-state index in [1.165, 1.54) is 6.33 Å². The summed E-state index contributed by atoms with van der Waals surface area (Å²) >= 11 is 0. The van der Waals surface area contributed by atoms with Crippen LogP contribution in [0.4, 0.5) is 5.82 Å². The molecule has 2 N–H and O–H groups in total. The second-order valence-electron chi connectivity index (χ2n) is 6.08. The quantitative estimate of drug-likeness (QED) is 0.394. The van der Waals surface area contributed by atoms with Crippen LogP contribution in [0.5, 0.6) is 0 Å². The van der Waals surface area contributed by atoms with E-state index in [4.69, 9.17) is 15.0 Å². The Hall–Kier alpha value is -3.82. The van der Waals surface area contributed by atoms with Gasteiger partial charge < -0.3 is 19.6 Å². The molecule has 0 fully saturated rings. The van der Waals surface area contributed by atoms with Gasteiger partial charge in [0.05, 0.1) is 18.5 Å². The van der Waals surface area contributed by atoms with Crippen molar-refractivity contribution in [2.24, 2.45) is 0 Å². The van der Waals surface area contributed by atoms with Crippen LogP contribution in [0, 0.1) is 6.92 Å². The number of nitrogens with zero attached hydrogens (tertiary/aromatic N) is 6. The van der Waals surface area contributed by atoms with Crippen molar-refractivity contribution in [1.82, 2.24) is 29.7 Å². The van der Waals surface area contributed by atoms with Gasteiger partial charge >= 0.3 is 5.97 Å². The van der Waals surface area contributed by atoms with Crippen LogP contribution in [-0.2, 0) is 11.3 Å². The lowest BCUT2D eigenvalue weighted by atomic mass is 10.1. The number of nitrogen functional groups attached to an aromatic ring is 1. The van der Waals surface area contributed by atoms with Crippen molar-refractivity contribution < 1.29 is 14.1 Å². The molecule has 0 bridgehead atoms. The van der Waals surface area contributed by atoms with Crippen LogP contribution >= 0.6 is 0 Å². The monoisotopic (exact) mass is 379 g/mol. The van der Waals surface area contributed by atoms with Crippen molar-refractivity contribution >= 4 is 23.0 Å². The standard InChI is InChI=1S/C18H17N7O3/c1-11-23-17(28-24-11)12-3-5-13(6-4-12)18(26)27-8-2-7-25-10-22-14-15(19)20-9-21-16(14)25/h3-6,9-10H,2,7-8H2,1H3,(H2,19,20,21). The number of rotatable bonds is 6. The maximum absolute atomic E-state index is 12.2. The fourth-order valence-corrected chi connectivity index (χ4v) is 2.71. The van der Waals surface area contributed by atoms with Gasteiger partial charge in [-0.15, -0.1) is 0 Å². The number of carbonyl (C=O) groups excluding carboxylic acids is 1. The molecule has 0 saturated carbocycles. The van der Waals surface area contributed by atoms with Gasteiger partial charge in [0.2, 0.25) is 0 Å². The van der Waals surface area contributed by atoms with Gasteiger partial charge in [-0.05, 0) is 37.6 Å². The molecule has 0 saturated heterocycles. The average molecular weight is 379 g/mol. The molecule has 142 valence electrons. The molecular formula is C18H17N7O3. The molecule has 0 atom stereocenters.